The van der Waals surface area contributed by atoms with E-state index in [2.05, 4.69) is 115 Å². The van der Waals surface area contributed by atoms with Gasteiger partial charge in [-0.3, -0.25) is 0 Å². The van der Waals surface area contributed by atoms with E-state index in [-0.39, 0.29) is 0 Å². The summed E-state index contributed by atoms with van der Waals surface area (Å²) >= 11 is 1.67. The van der Waals surface area contributed by atoms with Crippen LogP contribution in [0.25, 0.3) is 99.1 Å². The number of hydrogen-bond donors (Lipinski definition) is 0. The molecule has 7 aromatic carbocycles. The predicted molar refractivity (Wildman–Crippen MR) is 213 cm³/mol. The van der Waals surface area contributed by atoms with Gasteiger partial charge >= 0.3 is 0 Å². The van der Waals surface area contributed by atoms with Crippen LogP contribution in [0.3, 0.4) is 0 Å². The summed E-state index contributed by atoms with van der Waals surface area (Å²) in [6.07, 6.45) is 0. The van der Waals surface area contributed by atoms with Crippen LogP contribution in [-0.4, -0.2) is 19.9 Å². The molecule has 0 aliphatic heterocycles. The summed E-state index contributed by atoms with van der Waals surface area (Å²) in [5, 5.41) is 2.92. The van der Waals surface area contributed by atoms with Crippen LogP contribution in [0.2, 0.25) is 0 Å². The van der Waals surface area contributed by atoms with Gasteiger partial charge in [-0.1, -0.05) is 133 Å². The van der Waals surface area contributed by atoms with Crippen molar-refractivity contribution in [3.05, 3.63) is 170 Å². The Balaban J connectivity index is 1.21. The summed E-state index contributed by atoms with van der Waals surface area (Å²) in [6, 6.07) is 58.1. The van der Waals surface area contributed by atoms with E-state index < -0.39 is 0 Å². The molecule has 10 aromatic rings. The maximum Gasteiger partial charge on any atom is 0.167 e. The number of benzene rings is 7. The average molecular weight is 685 g/mol. The molecule has 0 saturated carbocycles. The Hall–Kier alpha value is -6.76. The zero-order valence-electron chi connectivity index (χ0n) is 27.8. The molecular formula is C46H28N4OS. The number of thiazole rings is 1. The minimum Gasteiger partial charge on any atom is -0.455 e. The number of nitrogens with zero attached hydrogens (tertiary/aromatic N) is 4. The SMILES string of the molecule is c1ccc(-c2cccc(-c3nc(-c4ccccc4)nc(-c4cccc5c4oc4c(-c6nc7ccccc7s6)cc(-c6ccccc6)cc45)n3)c2)cc1. The molecule has 3 aromatic heterocycles. The lowest BCUT2D eigenvalue weighted by atomic mass is 9.99. The molecule has 0 N–H and O–H groups in total. The second-order valence-corrected chi connectivity index (χ2v) is 13.7. The Kier molecular flexibility index (Phi) is 7.25. The van der Waals surface area contributed by atoms with Crippen molar-refractivity contribution in [3.8, 4) is 67.0 Å². The molecule has 3 heterocycles. The molecule has 52 heavy (non-hydrogen) atoms. The Morgan fingerprint density at radius 2 is 0.942 bits per heavy atom. The Morgan fingerprint density at radius 1 is 0.365 bits per heavy atom. The van der Waals surface area contributed by atoms with Crippen molar-refractivity contribution in [1.82, 2.24) is 19.9 Å². The molecule has 0 saturated heterocycles. The lowest BCUT2D eigenvalue weighted by Crippen LogP contribution is -2.00. The second kappa shape index (κ2) is 12.5. The third-order valence-electron chi connectivity index (χ3n) is 9.37. The van der Waals surface area contributed by atoms with E-state index in [0.717, 1.165) is 81.7 Å². The van der Waals surface area contributed by atoms with Crippen molar-refractivity contribution < 1.29 is 4.42 Å². The minimum atomic E-state index is 0.545. The monoisotopic (exact) mass is 684 g/mol. The first kappa shape index (κ1) is 30.1. The molecular weight excluding hydrogens is 657 g/mol. The number of para-hydroxylation sites is 2. The van der Waals surface area contributed by atoms with Crippen molar-refractivity contribution in [2.24, 2.45) is 0 Å². The van der Waals surface area contributed by atoms with E-state index in [4.69, 9.17) is 24.4 Å². The van der Waals surface area contributed by atoms with Crippen molar-refractivity contribution in [1.29, 1.82) is 0 Å². The summed E-state index contributed by atoms with van der Waals surface area (Å²) in [6.45, 7) is 0. The summed E-state index contributed by atoms with van der Waals surface area (Å²) in [7, 11) is 0. The van der Waals surface area contributed by atoms with Gasteiger partial charge in [0.25, 0.3) is 0 Å². The van der Waals surface area contributed by atoms with Crippen LogP contribution in [0.1, 0.15) is 0 Å². The highest BCUT2D eigenvalue weighted by atomic mass is 32.1. The highest BCUT2D eigenvalue weighted by molar-refractivity contribution is 7.21. The predicted octanol–water partition coefficient (Wildman–Crippen LogP) is 12.4. The number of fused-ring (bicyclic) bond motifs is 4. The standard InChI is InChI=1S/C46H28N4OS/c1-4-14-29(15-5-1)32-20-12-21-33(26-32)44-48-43(31-18-8-3-9-19-31)49-45(50-44)36-23-13-22-35-37-27-34(30-16-6-2-7-17-30)28-38(42(37)51-41(35)36)46-47-39-24-10-11-25-40(39)52-46/h1-28H. The molecule has 0 fully saturated rings. The maximum atomic E-state index is 6.94. The van der Waals surface area contributed by atoms with Crippen LogP contribution in [0, 0.1) is 0 Å². The summed E-state index contributed by atoms with van der Waals surface area (Å²) < 4.78 is 8.08. The average Bonchev–Trinajstić information content (AvgIpc) is 3.83. The molecule has 0 spiro atoms. The van der Waals surface area contributed by atoms with E-state index in [1.54, 1.807) is 11.3 Å². The van der Waals surface area contributed by atoms with Gasteiger partial charge in [-0.15, -0.1) is 11.3 Å². The zero-order valence-corrected chi connectivity index (χ0v) is 28.6. The minimum absolute atomic E-state index is 0.545. The van der Waals surface area contributed by atoms with E-state index in [1.165, 1.54) is 0 Å². The molecule has 0 atom stereocenters. The smallest absolute Gasteiger partial charge is 0.167 e. The highest BCUT2D eigenvalue weighted by Crippen LogP contribution is 2.44. The molecule has 0 radical (unpaired) electrons. The maximum absolute atomic E-state index is 6.94. The number of furan rings is 1. The van der Waals surface area contributed by atoms with E-state index in [9.17, 15) is 0 Å². The summed E-state index contributed by atoms with van der Waals surface area (Å²) in [5.74, 6) is 1.74. The van der Waals surface area contributed by atoms with E-state index >= 15 is 0 Å². The van der Waals surface area contributed by atoms with Gasteiger partial charge in [0.05, 0.1) is 21.3 Å². The van der Waals surface area contributed by atoms with Crippen molar-refractivity contribution in [2.45, 2.75) is 0 Å². The number of hydrogen-bond acceptors (Lipinski definition) is 6. The first-order chi connectivity index (χ1) is 25.7. The summed E-state index contributed by atoms with van der Waals surface area (Å²) in [4.78, 5) is 20.3. The van der Waals surface area contributed by atoms with Gasteiger partial charge in [0.2, 0.25) is 0 Å². The van der Waals surface area contributed by atoms with Crippen LogP contribution in [-0.2, 0) is 0 Å². The Morgan fingerprint density at radius 3 is 1.69 bits per heavy atom. The Labute approximate surface area is 303 Å². The van der Waals surface area contributed by atoms with E-state index in [1.807, 2.05) is 54.6 Å². The molecule has 244 valence electrons. The van der Waals surface area contributed by atoms with Gasteiger partial charge in [0, 0.05) is 21.9 Å². The normalized spacial score (nSPS) is 11.5. The Bertz CT molecular complexity index is 2870. The molecule has 0 aliphatic rings. The third kappa shape index (κ3) is 5.34. The van der Waals surface area contributed by atoms with Crippen molar-refractivity contribution >= 4 is 43.5 Å². The molecule has 6 heteroatoms. The molecule has 0 aliphatic carbocycles. The second-order valence-electron chi connectivity index (χ2n) is 12.7. The first-order valence-corrected chi connectivity index (χ1v) is 18.0. The van der Waals surface area contributed by atoms with Crippen LogP contribution in [0.4, 0.5) is 0 Å². The van der Waals surface area contributed by atoms with Crippen LogP contribution >= 0.6 is 11.3 Å². The largest absolute Gasteiger partial charge is 0.455 e. The lowest BCUT2D eigenvalue weighted by Gasteiger charge is -2.10. The van der Waals surface area contributed by atoms with Gasteiger partial charge < -0.3 is 4.42 Å². The van der Waals surface area contributed by atoms with Crippen LogP contribution in [0.15, 0.2) is 174 Å². The highest BCUT2D eigenvalue weighted by Gasteiger charge is 2.22. The summed E-state index contributed by atoms with van der Waals surface area (Å²) in [5.41, 5.74) is 10.5. The molecule has 0 bridgehead atoms. The topological polar surface area (TPSA) is 64.7 Å². The lowest BCUT2D eigenvalue weighted by molar-refractivity contribution is 0.670. The zero-order chi connectivity index (χ0) is 34.4. The van der Waals surface area contributed by atoms with Gasteiger partial charge in [-0.05, 0) is 58.7 Å². The molecule has 0 unspecified atom stereocenters. The van der Waals surface area contributed by atoms with Gasteiger partial charge in [0.1, 0.15) is 16.2 Å². The first-order valence-electron chi connectivity index (χ1n) is 17.1. The van der Waals surface area contributed by atoms with Gasteiger partial charge in [0.15, 0.2) is 17.5 Å². The van der Waals surface area contributed by atoms with Crippen LogP contribution < -0.4 is 0 Å². The van der Waals surface area contributed by atoms with Gasteiger partial charge in [-0.2, -0.15) is 0 Å². The quantitative estimate of drug-likeness (QED) is 0.174. The fourth-order valence-electron chi connectivity index (χ4n) is 6.83. The van der Waals surface area contributed by atoms with Crippen molar-refractivity contribution in [3.63, 3.8) is 0 Å². The fourth-order valence-corrected chi connectivity index (χ4v) is 7.81. The molecule has 5 nitrogen and oxygen atoms in total. The number of aromatic nitrogens is 4. The van der Waals surface area contributed by atoms with Crippen molar-refractivity contribution in [2.75, 3.05) is 0 Å². The van der Waals surface area contributed by atoms with E-state index in [0.29, 0.717) is 17.5 Å². The fraction of sp³-hybridized carbons (Fsp3) is 0. The number of rotatable bonds is 6. The molecule has 10 rings (SSSR count). The van der Waals surface area contributed by atoms with Crippen LogP contribution in [0.5, 0.6) is 0 Å². The van der Waals surface area contributed by atoms with Gasteiger partial charge in [-0.25, -0.2) is 19.9 Å². The molecule has 0 amide bonds. The third-order valence-corrected chi connectivity index (χ3v) is 10.4.